The molecule has 0 unspecified atom stereocenters. The van der Waals surface area contributed by atoms with E-state index in [1.54, 1.807) is 34.4 Å². The van der Waals surface area contributed by atoms with E-state index in [0.717, 1.165) is 16.7 Å². The van der Waals surface area contributed by atoms with Gasteiger partial charge in [0.25, 0.3) is 0 Å². The summed E-state index contributed by atoms with van der Waals surface area (Å²) in [4.78, 5) is 14.6. The van der Waals surface area contributed by atoms with Gasteiger partial charge in [0.05, 0.1) is 20.9 Å². The highest BCUT2D eigenvalue weighted by atomic mass is 35.5. The molecule has 5 nitrogen and oxygen atoms in total. The number of hydrogen-bond donors (Lipinski definition) is 1. The first-order valence-electron chi connectivity index (χ1n) is 10.0. The number of aryl methyl sites for hydroxylation is 1. The maximum absolute atomic E-state index is 13.1. The standard InChI is InChI=1S/C23H23ClN2O3S2/c1-16-2-7-21(24)22(14-16)25-23(27)26-11-8-20(9-12-26)31(28,29)19-5-3-17(4-6-19)18-10-13-30-15-18/h2-7,10,13-15,20H,8-9,11-12H2,1H3,(H,25,27). The molecule has 162 valence electrons. The number of rotatable bonds is 4. The minimum atomic E-state index is -3.44. The normalized spacial score (nSPS) is 15.1. The van der Waals surface area contributed by atoms with Gasteiger partial charge >= 0.3 is 6.03 Å². The van der Waals surface area contributed by atoms with E-state index in [4.69, 9.17) is 11.6 Å². The molecule has 4 rings (SSSR count). The summed E-state index contributed by atoms with van der Waals surface area (Å²) in [6.45, 7) is 2.69. The van der Waals surface area contributed by atoms with E-state index < -0.39 is 15.1 Å². The van der Waals surface area contributed by atoms with Crippen molar-refractivity contribution < 1.29 is 13.2 Å². The molecular formula is C23H23ClN2O3S2. The molecule has 31 heavy (non-hydrogen) atoms. The van der Waals surface area contributed by atoms with Crippen molar-refractivity contribution in [2.45, 2.75) is 29.9 Å². The predicted octanol–water partition coefficient (Wildman–Crippen LogP) is 5.85. The number of amides is 2. The first kappa shape index (κ1) is 21.9. The van der Waals surface area contributed by atoms with Gasteiger partial charge in [0, 0.05) is 13.1 Å². The fourth-order valence-electron chi connectivity index (χ4n) is 3.76. The van der Waals surface area contributed by atoms with Gasteiger partial charge in [0.15, 0.2) is 9.84 Å². The highest BCUT2D eigenvalue weighted by molar-refractivity contribution is 7.92. The molecule has 1 aliphatic heterocycles. The highest BCUT2D eigenvalue weighted by Crippen LogP contribution is 2.29. The van der Waals surface area contributed by atoms with Crippen LogP contribution in [0.5, 0.6) is 0 Å². The quantitative estimate of drug-likeness (QED) is 0.516. The fourth-order valence-corrected chi connectivity index (χ4v) is 6.32. The molecule has 1 fully saturated rings. The van der Waals surface area contributed by atoms with Crippen LogP contribution in [-0.2, 0) is 9.84 Å². The number of likely N-dealkylation sites (tertiary alicyclic amines) is 1. The number of nitrogens with zero attached hydrogens (tertiary/aromatic N) is 1. The number of benzene rings is 2. The molecule has 1 aromatic heterocycles. The Morgan fingerprint density at radius 2 is 1.77 bits per heavy atom. The van der Waals surface area contributed by atoms with Crippen molar-refractivity contribution in [3.8, 4) is 11.1 Å². The monoisotopic (exact) mass is 474 g/mol. The van der Waals surface area contributed by atoms with Crippen LogP contribution in [0.25, 0.3) is 11.1 Å². The number of sulfone groups is 1. The van der Waals surface area contributed by atoms with Crippen LogP contribution in [0.3, 0.4) is 0 Å². The molecule has 0 bridgehead atoms. The Hall–Kier alpha value is -2.35. The fraction of sp³-hybridized carbons (Fsp3) is 0.261. The topological polar surface area (TPSA) is 66.5 Å². The Morgan fingerprint density at radius 1 is 1.06 bits per heavy atom. The average Bonchev–Trinajstić information content (AvgIpc) is 3.31. The van der Waals surface area contributed by atoms with E-state index in [0.29, 0.717) is 41.5 Å². The molecular weight excluding hydrogens is 452 g/mol. The number of thiophene rings is 1. The van der Waals surface area contributed by atoms with E-state index in [1.165, 1.54) is 0 Å². The lowest BCUT2D eigenvalue weighted by atomic mass is 10.1. The summed E-state index contributed by atoms with van der Waals surface area (Å²) in [6, 6.07) is 14.3. The van der Waals surface area contributed by atoms with Crippen molar-refractivity contribution in [2.24, 2.45) is 0 Å². The number of carbonyl (C=O) groups is 1. The predicted molar refractivity (Wildman–Crippen MR) is 127 cm³/mol. The SMILES string of the molecule is Cc1ccc(Cl)c(NC(=O)N2CCC(S(=O)(=O)c3ccc(-c4ccsc4)cc3)CC2)c1. The molecule has 3 aromatic rings. The van der Waals surface area contributed by atoms with Gasteiger partial charge in [0.1, 0.15) is 0 Å². The molecule has 2 heterocycles. The van der Waals surface area contributed by atoms with Crippen molar-refractivity contribution in [1.29, 1.82) is 0 Å². The third kappa shape index (κ3) is 4.79. The maximum Gasteiger partial charge on any atom is 0.321 e. The lowest BCUT2D eigenvalue weighted by molar-refractivity contribution is 0.200. The Kier molecular flexibility index (Phi) is 6.36. The van der Waals surface area contributed by atoms with Crippen LogP contribution in [0.2, 0.25) is 5.02 Å². The van der Waals surface area contributed by atoms with E-state index in [2.05, 4.69) is 5.32 Å². The Morgan fingerprint density at radius 3 is 2.42 bits per heavy atom. The van der Waals surface area contributed by atoms with Gasteiger partial charge < -0.3 is 10.2 Å². The minimum absolute atomic E-state index is 0.261. The lowest BCUT2D eigenvalue weighted by Crippen LogP contribution is -2.44. The molecule has 1 N–H and O–H groups in total. The van der Waals surface area contributed by atoms with Gasteiger partial charge in [-0.25, -0.2) is 13.2 Å². The van der Waals surface area contributed by atoms with Gasteiger partial charge in [-0.05, 0) is 77.5 Å². The number of halogens is 1. The third-order valence-corrected chi connectivity index (χ3v) is 8.86. The molecule has 1 aliphatic rings. The summed E-state index contributed by atoms with van der Waals surface area (Å²) in [5.74, 6) is 0. The smallest absolute Gasteiger partial charge is 0.321 e. The summed E-state index contributed by atoms with van der Waals surface area (Å²) in [5, 5.41) is 6.84. The van der Waals surface area contributed by atoms with Crippen LogP contribution in [-0.4, -0.2) is 37.7 Å². The molecule has 0 spiro atoms. The zero-order chi connectivity index (χ0) is 22.0. The van der Waals surface area contributed by atoms with Gasteiger partial charge in [-0.3, -0.25) is 0 Å². The second kappa shape index (κ2) is 9.02. The van der Waals surface area contributed by atoms with E-state index in [1.807, 2.05) is 48.0 Å². The molecule has 0 saturated carbocycles. The van der Waals surface area contributed by atoms with Crippen molar-refractivity contribution in [1.82, 2.24) is 4.90 Å². The Bertz CT molecular complexity index is 1170. The van der Waals surface area contributed by atoms with Crippen LogP contribution in [0.1, 0.15) is 18.4 Å². The largest absolute Gasteiger partial charge is 0.324 e. The van der Waals surface area contributed by atoms with E-state index in [-0.39, 0.29) is 6.03 Å². The molecule has 8 heteroatoms. The molecule has 0 atom stereocenters. The summed E-state index contributed by atoms with van der Waals surface area (Å²) in [5.41, 5.74) is 3.64. The second-order valence-corrected chi connectivity index (χ2v) is 11.1. The number of urea groups is 1. The number of piperidine rings is 1. The Labute approximate surface area is 191 Å². The minimum Gasteiger partial charge on any atom is -0.324 e. The summed E-state index contributed by atoms with van der Waals surface area (Å²) in [7, 11) is -3.44. The first-order valence-corrected chi connectivity index (χ1v) is 12.9. The molecule has 2 aromatic carbocycles. The molecule has 0 radical (unpaired) electrons. The van der Waals surface area contributed by atoms with E-state index >= 15 is 0 Å². The number of anilines is 1. The van der Waals surface area contributed by atoms with Gasteiger partial charge in [-0.15, -0.1) is 0 Å². The number of nitrogens with one attached hydrogen (secondary N) is 1. The lowest BCUT2D eigenvalue weighted by Gasteiger charge is -2.32. The van der Waals surface area contributed by atoms with Gasteiger partial charge in [-0.1, -0.05) is 29.8 Å². The van der Waals surface area contributed by atoms with Crippen LogP contribution in [0.4, 0.5) is 10.5 Å². The van der Waals surface area contributed by atoms with E-state index in [9.17, 15) is 13.2 Å². The van der Waals surface area contributed by atoms with Crippen molar-refractivity contribution in [2.75, 3.05) is 18.4 Å². The van der Waals surface area contributed by atoms with Crippen molar-refractivity contribution >= 4 is 44.5 Å². The molecule has 1 saturated heterocycles. The van der Waals surface area contributed by atoms with Crippen LogP contribution in [0.15, 0.2) is 64.2 Å². The number of hydrogen-bond acceptors (Lipinski definition) is 4. The zero-order valence-corrected chi connectivity index (χ0v) is 19.4. The van der Waals surface area contributed by atoms with Crippen LogP contribution >= 0.6 is 22.9 Å². The Balaban J connectivity index is 1.39. The first-order chi connectivity index (χ1) is 14.8. The van der Waals surface area contributed by atoms with Crippen LogP contribution < -0.4 is 5.32 Å². The van der Waals surface area contributed by atoms with Crippen molar-refractivity contribution in [3.05, 3.63) is 69.9 Å². The van der Waals surface area contributed by atoms with Crippen LogP contribution in [0, 0.1) is 6.92 Å². The third-order valence-electron chi connectivity index (χ3n) is 5.57. The van der Waals surface area contributed by atoms with Gasteiger partial charge in [0.2, 0.25) is 0 Å². The second-order valence-electron chi connectivity index (χ2n) is 7.68. The highest BCUT2D eigenvalue weighted by Gasteiger charge is 2.32. The average molecular weight is 475 g/mol. The molecule has 2 amide bonds. The summed E-state index contributed by atoms with van der Waals surface area (Å²) >= 11 is 7.77. The van der Waals surface area contributed by atoms with Gasteiger partial charge in [-0.2, -0.15) is 11.3 Å². The zero-order valence-electron chi connectivity index (χ0n) is 17.0. The molecule has 0 aliphatic carbocycles. The summed E-state index contributed by atoms with van der Waals surface area (Å²) < 4.78 is 26.2. The van der Waals surface area contributed by atoms with Crippen molar-refractivity contribution in [3.63, 3.8) is 0 Å². The maximum atomic E-state index is 13.1. The number of carbonyl (C=O) groups excluding carboxylic acids is 1. The summed E-state index contributed by atoms with van der Waals surface area (Å²) in [6.07, 6.45) is 0.813.